The minimum atomic E-state index is -0.681. The third kappa shape index (κ3) is 7.68. The van der Waals surface area contributed by atoms with Crippen molar-refractivity contribution in [2.75, 3.05) is 13.7 Å². The number of aliphatic hydroxyl groups excluding tert-OH is 3. The summed E-state index contributed by atoms with van der Waals surface area (Å²) in [4.78, 5) is 3.09. The summed E-state index contributed by atoms with van der Waals surface area (Å²) in [5.41, 5.74) is 4.17. The molecule has 2 aliphatic heterocycles. The topological polar surface area (TPSA) is 165 Å². The first-order valence-corrected chi connectivity index (χ1v) is 24.0. The van der Waals surface area contributed by atoms with Gasteiger partial charge in [-0.15, -0.1) is 0 Å². The van der Waals surface area contributed by atoms with E-state index in [9.17, 15) is 30.6 Å². The Bertz CT molecular complexity index is 2020. The molecule has 10 rings (SSSR count). The molecule has 6 fully saturated rings. The van der Waals surface area contributed by atoms with Gasteiger partial charge in [-0.3, -0.25) is 0 Å². The Morgan fingerprint density at radius 3 is 2.44 bits per heavy atom. The quantitative estimate of drug-likeness (QED) is 0.120. The minimum Gasteiger partial charge on any atom is -0.504 e. The molecule has 7 N–H and O–H groups in total. The normalized spacial score (nSPS) is 38.6. The van der Waals surface area contributed by atoms with Crippen LogP contribution >= 0.6 is 0 Å². The van der Waals surface area contributed by atoms with Crippen LogP contribution in [0.3, 0.4) is 0 Å². The Hall–Kier alpha value is -3.28. The summed E-state index contributed by atoms with van der Waals surface area (Å²) in [7, 11) is 1.46. The Morgan fingerprint density at radius 1 is 0.803 bits per heavy atom. The van der Waals surface area contributed by atoms with Gasteiger partial charge in [0.1, 0.15) is 5.75 Å². The molecule has 14 atom stereocenters. The number of aromatic hydroxyl groups is 2. The van der Waals surface area contributed by atoms with Crippen molar-refractivity contribution in [1.82, 2.24) is 4.98 Å². The van der Waals surface area contributed by atoms with Gasteiger partial charge in [-0.05, 0) is 172 Å². The van der Waals surface area contributed by atoms with Gasteiger partial charge in [0.2, 0.25) is 5.75 Å². The standard InChI is InChI=1S/C51H69NO9/c1-59-50-39(21-29-15-19-52-26-29)47(40(27-53)48(56)49(50)57)45-24-42(55)36-9-6-32(23-44(36)61-45)31-7-12-43-38(22-31)46-35-8-5-30-3-2-4-33(30)34(35)10-11-37(46)41(54)14-18-51(58)17-13-28(25-51)16-20-60-43/h7,12,15,19,22,26,28,30,32-37,41-42,44-46,52-58H,2-6,8-11,13-14,16-18,20-21,23-25,27H2,1H3/t28-,30-,32-,33-,34+,35-,36+,37-,41-,42+,44+,45+,46+,51-/m1/s1. The second-order valence-corrected chi connectivity index (χ2v) is 20.7. The molecule has 2 bridgehead atoms. The molecule has 0 unspecified atom stereocenters. The van der Waals surface area contributed by atoms with Gasteiger partial charge in [0.25, 0.3) is 0 Å². The van der Waals surface area contributed by atoms with Crippen molar-refractivity contribution in [3.63, 3.8) is 0 Å². The van der Waals surface area contributed by atoms with Gasteiger partial charge < -0.3 is 49.8 Å². The third-order valence-corrected chi connectivity index (χ3v) is 17.7. The lowest BCUT2D eigenvalue weighted by atomic mass is 9.54. The number of phenolic OH excluding ortho intramolecular Hbond substituents is 1. The zero-order chi connectivity index (χ0) is 42.0. The van der Waals surface area contributed by atoms with Crippen molar-refractivity contribution in [3.8, 4) is 23.0 Å². The second kappa shape index (κ2) is 17.0. The summed E-state index contributed by atoms with van der Waals surface area (Å²) in [6.45, 7) is 0.121. The van der Waals surface area contributed by atoms with Crippen molar-refractivity contribution in [2.24, 2.45) is 41.4 Å². The molecule has 3 aromatic rings. The number of ether oxygens (including phenoxy) is 3. The number of hydrogen-bond donors (Lipinski definition) is 7. The monoisotopic (exact) mass is 839 g/mol. The minimum absolute atomic E-state index is 0.0484. The van der Waals surface area contributed by atoms with E-state index in [4.69, 9.17) is 14.2 Å². The van der Waals surface area contributed by atoms with Gasteiger partial charge in [0.15, 0.2) is 11.5 Å². The van der Waals surface area contributed by atoms with Crippen LogP contribution in [0.25, 0.3) is 0 Å². The number of hydrogen-bond acceptors (Lipinski definition) is 9. The van der Waals surface area contributed by atoms with Crippen molar-refractivity contribution in [3.05, 3.63) is 70.0 Å². The van der Waals surface area contributed by atoms with Gasteiger partial charge >= 0.3 is 0 Å². The van der Waals surface area contributed by atoms with E-state index in [1.54, 1.807) is 0 Å². The second-order valence-electron chi connectivity index (χ2n) is 20.7. The molecule has 5 aliphatic carbocycles. The maximum Gasteiger partial charge on any atom is 0.201 e. The van der Waals surface area contributed by atoms with E-state index in [1.807, 2.05) is 18.5 Å². The van der Waals surface area contributed by atoms with E-state index in [0.717, 1.165) is 68.1 Å². The number of nitrogens with one attached hydrogen (secondary N) is 1. The van der Waals surface area contributed by atoms with E-state index in [0.29, 0.717) is 67.6 Å². The molecule has 0 amide bonds. The van der Waals surface area contributed by atoms with E-state index >= 15 is 0 Å². The Labute approximate surface area is 361 Å². The smallest absolute Gasteiger partial charge is 0.201 e. The molecule has 2 aromatic carbocycles. The number of H-pyrrole nitrogens is 1. The number of aromatic amines is 1. The SMILES string of the molecule is COc1c(O)c(O)c(CO)c([C@@H]2C[C@H](O)[C@@H]3CC[C@@H](c4ccc5c(c4)[C@H]4[C@@H]6CC[C@H]7CCC[C@H]7[C@@H]6CC[C@@H]4[C@H](O)CC[C@]4(O)CC[C@H](CCO5)C4)C[C@@H]3O2)c1Cc1cc[nH]c1. The first-order chi connectivity index (χ1) is 29.6. The van der Waals surface area contributed by atoms with Gasteiger partial charge in [-0.25, -0.2) is 0 Å². The van der Waals surface area contributed by atoms with Crippen LogP contribution in [0.4, 0.5) is 0 Å². The van der Waals surface area contributed by atoms with Gasteiger partial charge in [-0.1, -0.05) is 25.0 Å². The number of aromatic nitrogens is 1. The fourth-order valence-electron chi connectivity index (χ4n) is 14.8. The van der Waals surface area contributed by atoms with Crippen molar-refractivity contribution < 1.29 is 44.8 Å². The highest BCUT2D eigenvalue weighted by Crippen LogP contribution is 2.60. The number of methoxy groups -OCH3 is 1. The summed E-state index contributed by atoms with van der Waals surface area (Å²) in [5.74, 6) is 3.96. The van der Waals surface area contributed by atoms with E-state index < -0.39 is 42.0 Å². The largest absolute Gasteiger partial charge is 0.504 e. The predicted molar refractivity (Wildman–Crippen MR) is 231 cm³/mol. The molecular formula is C51H69NO9. The maximum absolute atomic E-state index is 12.2. The molecule has 0 spiro atoms. The fourth-order valence-corrected chi connectivity index (χ4v) is 14.8. The lowest BCUT2D eigenvalue weighted by molar-refractivity contribution is -0.154. The van der Waals surface area contributed by atoms with Crippen LogP contribution < -0.4 is 9.47 Å². The highest BCUT2D eigenvalue weighted by Gasteiger charge is 2.52. The Kier molecular flexibility index (Phi) is 11.6. The zero-order valence-corrected chi connectivity index (χ0v) is 36.0. The number of aliphatic hydroxyl groups is 4. The first-order valence-electron chi connectivity index (χ1n) is 24.0. The van der Waals surface area contributed by atoms with Crippen LogP contribution in [-0.2, 0) is 17.8 Å². The summed E-state index contributed by atoms with van der Waals surface area (Å²) < 4.78 is 19.6. The number of benzene rings is 2. The van der Waals surface area contributed by atoms with Crippen LogP contribution in [0.2, 0.25) is 0 Å². The average molecular weight is 840 g/mol. The van der Waals surface area contributed by atoms with Gasteiger partial charge in [0, 0.05) is 42.3 Å². The molecule has 7 aliphatic rings. The Morgan fingerprint density at radius 2 is 1.62 bits per heavy atom. The summed E-state index contributed by atoms with van der Waals surface area (Å²) in [6.07, 6.45) is 18.4. The average Bonchev–Trinajstić information content (AvgIpc) is 4.06. The Balaban J connectivity index is 0.984. The summed E-state index contributed by atoms with van der Waals surface area (Å²) in [5, 5.41) is 68.6. The lowest BCUT2D eigenvalue weighted by Gasteiger charge is -2.51. The molecule has 10 heteroatoms. The van der Waals surface area contributed by atoms with Crippen molar-refractivity contribution >= 4 is 0 Å². The van der Waals surface area contributed by atoms with Crippen LogP contribution in [0.1, 0.15) is 160 Å². The van der Waals surface area contributed by atoms with Crippen LogP contribution in [0, 0.1) is 41.4 Å². The summed E-state index contributed by atoms with van der Waals surface area (Å²) >= 11 is 0. The molecule has 10 nitrogen and oxygen atoms in total. The lowest BCUT2D eigenvalue weighted by Crippen LogP contribution is -2.45. The molecule has 0 radical (unpaired) electrons. The van der Waals surface area contributed by atoms with E-state index in [-0.39, 0.29) is 41.1 Å². The van der Waals surface area contributed by atoms with Crippen LogP contribution in [0.15, 0.2) is 36.7 Å². The number of phenols is 2. The van der Waals surface area contributed by atoms with E-state index in [2.05, 4.69) is 23.2 Å². The fraction of sp³-hybridized carbons (Fsp3) is 0.686. The highest BCUT2D eigenvalue weighted by atomic mass is 16.5. The van der Waals surface area contributed by atoms with Crippen molar-refractivity contribution in [2.45, 2.75) is 164 Å². The van der Waals surface area contributed by atoms with Crippen LogP contribution in [0.5, 0.6) is 23.0 Å². The van der Waals surface area contributed by atoms with E-state index in [1.165, 1.54) is 56.8 Å². The molecular weight excluding hydrogens is 771 g/mol. The molecule has 61 heavy (non-hydrogen) atoms. The molecule has 332 valence electrons. The number of rotatable bonds is 6. The van der Waals surface area contributed by atoms with Crippen LogP contribution in [-0.4, -0.2) is 73.3 Å². The van der Waals surface area contributed by atoms with Gasteiger partial charge in [0.05, 0.1) is 50.3 Å². The molecule has 1 saturated heterocycles. The maximum atomic E-state index is 12.2. The first kappa shape index (κ1) is 41.7. The highest BCUT2D eigenvalue weighted by molar-refractivity contribution is 5.64. The van der Waals surface area contributed by atoms with Crippen molar-refractivity contribution in [1.29, 1.82) is 0 Å². The zero-order valence-electron chi connectivity index (χ0n) is 36.0. The molecule has 5 saturated carbocycles. The van der Waals surface area contributed by atoms with Gasteiger partial charge in [-0.2, -0.15) is 0 Å². The predicted octanol–water partition coefficient (Wildman–Crippen LogP) is 8.68. The third-order valence-electron chi connectivity index (χ3n) is 17.7. The number of fused-ring (bicyclic) bond motifs is 10. The molecule has 3 heterocycles. The molecule has 1 aromatic heterocycles. The summed E-state index contributed by atoms with van der Waals surface area (Å²) in [6, 6.07) is 8.87.